The summed E-state index contributed by atoms with van der Waals surface area (Å²) in [4.78, 5) is 39.2. The lowest BCUT2D eigenvalue weighted by atomic mass is 9.62. The highest BCUT2D eigenvalue weighted by atomic mass is 16.8. The second-order valence-corrected chi connectivity index (χ2v) is 17.5. The molecule has 2 aliphatic carbocycles. The second-order valence-electron chi connectivity index (χ2n) is 17.5. The molecule has 14 N–H and O–H groups in total. The number of aliphatic hydroxyl groups excluding tert-OH is 10. The average molecular weight is 835 g/mol. The lowest BCUT2D eigenvalue weighted by Gasteiger charge is -2.53. The monoisotopic (exact) mass is 834 g/mol. The molecular formula is C37H58N2O19. The van der Waals surface area contributed by atoms with Crippen molar-refractivity contribution >= 4 is 17.7 Å². The topological polar surface area (TPSA) is 365 Å². The van der Waals surface area contributed by atoms with Gasteiger partial charge < -0.3 is 90.0 Å². The number of ketones is 1. The van der Waals surface area contributed by atoms with Crippen LogP contribution in [0.1, 0.15) is 57.8 Å². The number of rotatable bonds is 7. The number of esters is 1. The molecule has 5 aliphatic heterocycles. The first kappa shape index (κ1) is 44.0. The van der Waals surface area contributed by atoms with E-state index < -0.39 is 127 Å². The number of aliphatic carboxylic acids is 1. The highest BCUT2D eigenvalue weighted by Crippen LogP contribution is 2.52. The minimum atomic E-state index is -2.25. The van der Waals surface area contributed by atoms with Crippen LogP contribution in [0.25, 0.3) is 0 Å². The molecule has 23 atom stereocenters. The number of piperidine rings is 1. The number of quaternary nitrogens is 1. The summed E-state index contributed by atoms with van der Waals surface area (Å²) >= 11 is 0. The van der Waals surface area contributed by atoms with Crippen molar-refractivity contribution in [2.45, 2.75) is 161 Å². The first-order valence-electron chi connectivity index (χ1n) is 20.4. The maximum atomic E-state index is 14.0. The van der Waals surface area contributed by atoms with E-state index in [1.54, 1.807) is 0 Å². The SMILES string of the molecule is NC1CCC([C@H]2CC[C@@]3(OC4CC5OC(C6CC(O)C(O)C(CCO)C6)CC(=O)C5C(O)C42)O[C@H](C(=O)O[C@@H]2O[C@H](C(=O)[O-])[C@@H](O)[C@H](O)[C@H]2O)[C@@H](O)[C@H](O)[C@H]3O)C[NH2+]1. The van der Waals surface area contributed by atoms with Gasteiger partial charge in [-0.25, -0.2) is 4.79 Å². The first-order valence-corrected chi connectivity index (χ1v) is 20.4. The Kier molecular flexibility index (Phi) is 13.2. The third kappa shape index (κ3) is 8.07. The molecule has 1 spiro atoms. The Hall–Kier alpha value is -2.03. The average Bonchev–Trinajstić information content (AvgIpc) is 3.34. The van der Waals surface area contributed by atoms with E-state index in [1.807, 2.05) is 5.32 Å². The Morgan fingerprint density at radius 2 is 1.52 bits per heavy atom. The number of nitrogens with two attached hydrogens (primary N) is 2. The van der Waals surface area contributed by atoms with Crippen molar-refractivity contribution in [2.24, 2.45) is 41.2 Å². The number of hydrogen-bond acceptors (Lipinski definition) is 20. The summed E-state index contributed by atoms with van der Waals surface area (Å²) in [6.07, 6.45) is -23.7. The van der Waals surface area contributed by atoms with Crippen LogP contribution in [0.3, 0.4) is 0 Å². The van der Waals surface area contributed by atoms with E-state index in [0.717, 1.165) is 0 Å². The number of carbonyl (C=O) groups is 3. The maximum absolute atomic E-state index is 14.0. The highest BCUT2D eigenvalue weighted by molar-refractivity contribution is 5.83. The zero-order chi connectivity index (χ0) is 42.0. The number of fused-ring (bicyclic) bond motifs is 2. The molecular weight excluding hydrogens is 776 g/mol. The molecule has 0 aromatic rings. The number of Topliss-reactive ketones (excluding diaryl/α,β-unsaturated/α-hetero) is 1. The second kappa shape index (κ2) is 17.4. The number of carboxylic acid groups (broad SMARTS) is 1. The summed E-state index contributed by atoms with van der Waals surface area (Å²) in [6, 6.07) is 0. The van der Waals surface area contributed by atoms with Crippen molar-refractivity contribution in [3.63, 3.8) is 0 Å². The molecule has 5 heterocycles. The fourth-order valence-corrected chi connectivity index (χ4v) is 11.0. The zero-order valence-corrected chi connectivity index (χ0v) is 31.8. The summed E-state index contributed by atoms with van der Waals surface area (Å²) in [5.74, 6) is -8.96. The van der Waals surface area contributed by atoms with Gasteiger partial charge in [0.25, 0.3) is 0 Å². The molecule has 0 radical (unpaired) electrons. The van der Waals surface area contributed by atoms with Crippen molar-refractivity contribution in [1.29, 1.82) is 0 Å². The summed E-state index contributed by atoms with van der Waals surface area (Å²) in [6.45, 7) is 0.359. The molecule has 330 valence electrons. The first-order chi connectivity index (χ1) is 27.5. The molecule has 7 fully saturated rings. The van der Waals surface area contributed by atoms with Gasteiger partial charge in [0.2, 0.25) is 6.29 Å². The Morgan fingerprint density at radius 1 is 0.793 bits per heavy atom. The molecule has 2 saturated carbocycles. The third-order valence-electron chi connectivity index (χ3n) is 14.1. The van der Waals surface area contributed by atoms with E-state index in [4.69, 9.17) is 29.4 Å². The molecule has 21 nitrogen and oxygen atoms in total. The van der Waals surface area contributed by atoms with Gasteiger partial charge in [0.15, 0.2) is 11.9 Å². The van der Waals surface area contributed by atoms with Crippen molar-refractivity contribution in [2.75, 3.05) is 13.2 Å². The van der Waals surface area contributed by atoms with Crippen LogP contribution in [0.4, 0.5) is 0 Å². The van der Waals surface area contributed by atoms with Gasteiger partial charge in [0, 0.05) is 44.1 Å². The summed E-state index contributed by atoms with van der Waals surface area (Å²) in [5.41, 5.74) is 6.19. The van der Waals surface area contributed by atoms with Gasteiger partial charge in [-0.15, -0.1) is 0 Å². The Balaban J connectivity index is 1.16. The third-order valence-corrected chi connectivity index (χ3v) is 14.1. The minimum absolute atomic E-state index is 0.0163. The molecule has 0 aromatic heterocycles. The van der Waals surface area contributed by atoms with Gasteiger partial charge in [-0.3, -0.25) is 10.5 Å². The Bertz CT molecular complexity index is 1490. The van der Waals surface area contributed by atoms with Gasteiger partial charge in [0.05, 0.1) is 55.1 Å². The smallest absolute Gasteiger partial charge is 0.340 e. The lowest BCUT2D eigenvalue weighted by Crippen LogP contribution is -2.95. The largest absolute Gasteiger partial charge is 0.547 e. The van der Waals surface area contributed by atoms with Gasteiger partial charge in [-0.1, -0.05) is 0 Å². The van der Waals surface area contributed by atoms with Gasteiger partial charge >= 0.3 is 5.97 Å². The Labute approximate surface area is 333 Å². The van der Waals surface area contributed by atoms with E-state index in [0.29, 0.717) is 25.8 Å². The molecule has 0 aromatic carbocycles. The van der Waals surface area contributed by atoms with Crippen LogP contribution in [0.2, 0.25) is 0 Å². The maximum Gasteiger partial charge on any atom is 0.340 e. The van der Waals surface area contributed by atoms with Crippen LogP contribution in [-0.4, -0.2) is 186 Å². The van der Waals surface area contributed by atoms with Crippen molar-refractivity contribution < 1.29 is 99.6 Å². The fraction of sp³-hybridized carbons (Fsp3) is 0.919. The normalized spacial score (nSPS) is 52.6. The lowest BCUT2D eigenvalue weighted by molar-refractivity contribution is -0.704. The van der Waals surface area contributed by atoms with Crippen molar-refractivity contribution in [1.82, 2.24) is 0 Å². The van der Waals surface area contributed by atoms with Crippen LogP contribution in [-0.2, 0) is 38.1 Å². The van der Waals surface area contributed by atoms with Gasteiger partial charge in [0.1, 0.15) is 54.7 Å². The predicted molar refractivity (Wildman–Crippen MR) is 184 cm³/mol. The van der Waals surface area contributed by atoms with Crippen LogP contribution < -0.4 is 16.2 Å². The standard InChI is InChI=1S/C37H58N2O19/c38-21-2-1-13(11-39-21)15-3-5-37(33(50)29(48)28(47)32(58-37)35(53)56-36-30(49)26(45)27(46)31(55-36)34(51)52)57-20-10-19-23(25(44)22(15)20)16(41)9-18(54-19)14-7-12(4-6-40)24(43)17(42)8-14/h12-15,17-33,36,39-40,42-50H,1-11,38H2,(H,51,52)/t12?,13?,14?,15-,17?,18?,19?,20?,21?,22?,23?,24?,25?,26+,27+,28+,29+,30-,31+,32+,33-,36+,37-/m1/s1. The number of carbonyl (C=O) groups excluding carboxylic acids is 3. The number of aliphatic hydroxyl groups is 10. The van der Waals surface area contributed by atoms with Crippen LogP contribution in [0.5, 0.6) is 0 Å². The highest BCUT2D eigenvalue weighted by Gasteiger charge is 2.64. The summed E-state index contributed by atoms with van der Waals surface area (Å²) in [7, 11) is 0. The molecule has 0 amide bonds. The molecule has 5 saturated heterocycles. The summed E-state index contributed by atoms with van der Waals surface area (Å²) < 4.78 is 29.4. The molecule has 58 heavy (non-hydrogen) atoms. The van der Waals surface area contributed by atoms with E-state index in [1.165, 1.54) is 0 Å². The number of ether oxygens (including phenoxy) is 5. The van der Waals surface area contributed by atoms with Gasteiger partial charge in [-0.05, 0) is 49.9 Å². The van der Waals surface area contributed by atoms with Crippen LogP contribution in [0.15, 0.2) is 0 Å². The predicted octanol–water partition coefficient (Wildman–Crippen LogP) is -7.83. The molecule has 7 rings (SSSR count). The zero-order valence-electron chi connectivity index (χ0n) is 31.8. The quantitative estimate of drug-likeness (QED) is 0.106. The fourth-order valence-electron chi connectivity index (χ4n) is 11.0. The number of carboxylic acids is 1. The van der Waals surface area contributed by atoms with E-state index >= 15 is 0 Å². The molecule has 7 aliphatic rings. The van der Waals surface area contributed by atoms with Crippen LogP contribution in [0, 0.1) is 35.5 Å². The number of hydrogen-bond donors (Lipinski definition) is 12. The van der Waals surface area contributed by atoms with E-state index in [2.05, 4.69) is 0 Å². The molecule has 0 bridgehead atoms. The van der Waals surface area contributed by atoms with Crippen molar-refractivity contribution in [3.05, 3.63) is 0 Å². The van der Waals surface area contributed by atoms with E-state index in [9.17, 15) is 70.6 Å². The van der Waals surface area contributed by atoms with Gasteiger partial charge in [-0.2, -0.15) is 0 Å². The van der Waals surface area contributed by atoms with Crippen LogP contribution >= 0.6 is 0 Å². The Morgan fingerprint density at radius 3 is 2.19 bits per heavy atom. The summed E-state index contributed by atoms with van der Waals surface area (Å²) in [5, 5.41) is 121. The minimum Gasteiger partial charge on any atom is -0.547 e. The van der Waals surface area contributed by atoms with E-state index in [-0.39, 0.29) is 74.8 Å². The molecule has 21 heteroatoms. The molecule has 12 unspecified atom stereocenters. The van der Waals surface area contributed by atoms with Crippen molar-refractivity contribution in [3.8, 4) is 0 Å².